The van der Waals surface area contributed by atoms with Crippen LogP contribution in [0.15, 0.2) is 47.6 Å². The Balaban J connectivity index is 1.68. The van der Waals surface area contributed by atoms with Crippen molar-refractivity contribution < 1.29 is 13.6 Å². The molecule has 0 atom stereocenters. The third-order valence-corrected chi connectivity index (χ3v) is 4.69. The summed E-state index contributed by atoms with van der Waals surface area (Å²) in [6.07, 6.45) is 0. The molecule has 3 rings (SSSR count). The number of hydrogen-bond acceptors (Lipinski definition) is 4. The number of nitrogens with one attached hydrogen (secondary N) is 1. The minimum absolute atomic E-state index is 0.0481. The number of anilines is 1. The third-order valence-electron chi connectivity index (χ3n) is 3.67. The SMILES string of the molecule is Cc1cccc(-c2nnc(SCC(=O)Nc3c(F)cccc3F)n2C)c1. The van der Waals surface area contributed by atoms with Crippen molar-refractivity contribution >= 4 is 23.4 Å². The zero-order chi connectivity index (χ0) is 18.7. The summed E-state index contributed by atoms with van der Waals surface area (Å²) in [4.78, 5) is 12.0. The van der Waals surface area contributed by atoms with E-state index >= 15 is 0 Å². The summed E-state index contributed by atoms with van der Waals surface area (Å²) in [7, 11) is 1.80. The van der Waals surface area contributed by atoms with Gasteiger partial charge < -0.3 is 9.88 Å². The molecule has 0 spiro atoms. The number of rotatable bonds is 5. The van der Waals surface area contributed by atoms with E-state index in [-0.39, 0.29) is 5.75 Å². The second-order valence-electron chi connectivity index (χ2n) is 5.67. The number of aryl methyl sites for hydroxylation is 1. The first-order chi connectivity index (χ1) is 12.5. The summed E-state index contributed by atoms with van der Waals surface area (Å²) < 4.78 is 28.9. The Hall–Kier alpha value is -2.74. The van der Waals surface area contributed by atoms with Crippen LogP contribution < -0.4 is 5.32 Å². The first kappa shape index (κ1) is 18.1. The van der Waals surface area contributed by atoms with E-state index in [4.69, 9.17) is 0 Å². The summed E-state index contributed by atoms with van der Waals surface area (Å²) >= 11 is 1.14. The van der Waals surface area contributed by atoms with Crippen LogP contribution in [0.5, 0.6) is 0 Å². The first-order valence-corrected chi connectivity index (χ1v) is 8.77. The van der Waals surface area contributed by atoms with Crippen LogP contribution in [-0.4, -0.2) is 26.4 Å². The predicted molar refractivity (Wildman–Crippen MR) is 96.9 cm³/mol. The molecule has 5 nitrogen and oxygen atoms in total. The van der Waals surface area contributed by atoms with Crippen LogP contribution in [0, 0.1) is 18.6 Å². The van der Waals surface area contributed by atoms with Crippen LogP contribution in [0.1, 0.15) is 5.56 Å². The molecule has 1 N–H and O–H groups in total. The molecule has 0 unspecified atom stereocenters. The molecule has 2 aromatic carbocycles. The van der Waals surface area contributed by atoms with Crippen LogP contribution in [0.25, 0.3) is 11.4 Å². The molecule has 0 radical (unpaired) electrons. The highest BCUT2D eigenvalue weighted by molar-refractivity contribution is 7.99. The highest BCUT2D eigenvalue weighted by Gasteiger charge is 2.15. The first-order valence-electron chi connectivity index (χ1n) is 7.79. The van der Waals surface area contributed by atoms with Crippen molar-refractivity contribution in [3.63, 3.8) is 0 Å². The standard InChI is InChI=1S/C18H16F2N4OS/c1-11-5-3-6-12(9-11)17-22-23-18(24(17)2)26-10-15(25)21-16-13(19)7-4-8-14(16)20/h3-9H,10H2,1-2H3,(H,21,25). The summed E-state index contributed by atoms with van der Waals surface area (Å²) in [6, 6.07) is 11.3. The molecule has 134 valence electrons. The van der Waals surface area contributed by atoms with E-state index in [0.29, 0.717) is 11.0 Å². The van der Waals surface area contributed by atoms with Crippen LogP contribution >= 0.6 is 11.8 Å². The van der Waals surface area contributed by atoms with Crippen molar-refractivity contribution in [1.29, 1.82) is 0 Å². The number of carbonyl (C=O) groups excluding carboxylic acids is 1. The monoisotopic (exact) mass is 374 g/mol. The number of thioether (sulfide) groups is 1. The minimum atomic E-state index is -0.816. The number of benzene rings is 2. The lowest BCUT2D eigenvalue weighted by Gasteiger charge is -2.07. The van der Waals surface area contributed by atoms with Crippen molar-refractivity contribution in [2.24, 2.45) is 7.05 Å². The quantitative estimate of drug-likeness (QED) is 0.690. The third kappa shape index (κ3) is 3.91. The molecule has 26 heavy (non-hydrogen) atoms. The molecule has 3 aromatic rings. The lowest BCUT2D eigenvalue weighted by molar-refractivity contribution is -0.113. The van der Waals surface area contributed by atoms with Crippen molar-refractivity contribution in [2.45, 2.75) is 12.1 Å². The van der Waals surface area contributed by atoms with Gasteiger partial charge in [0, 0.05) is 12.6 Å². The number of para-hydroxylation sites is 1. The highest BCUT2D eigenvalue weighted by Crippen LogP contribution is 2.24. The van der Waals surface area contributed by atoms with Gasteiger partial charge in [0.25, 0.3) is 0 Å². The van der Waals surface area contributed by atoms with Gasteiger partial charge >= 0.3 is 0 Å². The van der Waals surface area contributed by atoms with Gasteiger partial charge in [-0.3, -0.25) is 4.79 Å². The molecule has 1 amide bonds. The molecule has 0 saturated heterocycles. The summed E-state index contributed by atoms with van der Waals surface area (Å²) in [5.74, 6) is -1.53. The molecule has 0 aliphatic carbocycles. The van der Waals surface area contributed by atoms with Gasteiger partial charge in [-0.1, -0.05) is 41.6 Å². The minimum Gasteiger partial charge on any atom is -0.320 e. The number of carbonyl (C=O) groups is 1. The normalized spacial score (nSPS) is 10.8. The molecular formula is C18H16F2N4OS. The fourth-order valence-corrected chi connectivity index (χ4v) is 3.11. The largest absolute Gasteiger partial charge is 0.320 e. The predicted octanol–water partition coefficient (Wildman–Crippen LogP) is 3.80. The Morgan fingerprint density at radius 2 is 1.85 bits per heavy atom. The Morgan fingerprint density at radius 3 is 2.54 bits per heavy atom. The van der Waals surface area contributed by atoms with Crippen molar-refractivity contribution in [1.82, 2.24) is 14.8 Å². The Morgan fingerprint density at radius 1 is 1.15 bits per heavy atom. The Kier molecular flexibility index (Phi) is 5.32. The molecule has 0 aliphatic rings. The van der Waals surface area contributed by atoms with Crippen LogP contribution in [0.3, 0.4) is 0 Å². The van der Waals surface area contributed by atoms with E-state index in [1.54, 1.807) is 11.6 Å². The molecule has 0 bridgehead atoms. The van der Waals surface area contributed by atoms with Gasteiger partial charge in [-0.15, -0.1) is 10.2 Å². The van der Waals surface area contributed by atoms with Crippen molar-refractivity contribution in [3.05, 3.63) is 59.7 Å². The molecule has 8 heteroatoms. The van der Waals surface area contributed by atoms with Gasteiger partial charge in [0.15, 0.2) is 11.0 Å². The van der Waals surface area contributed by atoms with Crippen LogP contribution in [0.4, 0.5) is 14.5 Å². The maximum atomic E-state index is 13.6. The number of nitrogens with zero attached hydrogens (tertiary/aromatic N) is 3. The maximum absolute atomic E-state index is 13.6. The smallest absolute Gasteiger partial charge is 0.235 e. The van der Waals surface area contributed by atoms with Gasteiger partial charge in [-0.05, 0) is 25.1 Å². The van der Waals surface area contributed by atoms with E-state index in [9.17, 15) is 13.6 Å². The number of aromatic nitrogens is 3. The maximum Gasteiger partial charge on any atom is 0.235 e. The molecule has 0 fully saturated rings. The highest BCUT2D eigenvalue weighted by atomic mass is 32.2. The number of hydrogen-bond donors (Lipinski definition) is 1. The molecule has 1 aromatic heterocycles. The lowest BCUT2D eigenvalue weighted by atomic mass is 10.1. The van der Waals surface area contributed by atoms with Gasteiger partial charge in [0.2, 0.25) is 5.91 Å². The second-order valence-corrected chi connectivity index (χ2v) is 6.61. The average Bonchev–Trinajstić information content (AvgIpc) is 2.97. The number of halogens is 2. The van der Waals surface area contributed by atoms with Crippen molar-refractivity contribution in [2.75, 3.05) is 11.1 Å². The van der Waals surface area contributed by atoms with E-state index in [0.717, 1.165) is 35.0 Å². The van der Waals surface area contributed by atoms with E-state index < -0.39 is 23.2 Å². The van der Waals surface area contributed by atoms with Crippen LogP contribution in [-0.2, 0) is 11.8 Å². The Labute approximate surface area is 153 Å². The van der Waals surface area contributed by atoms with E-state index in [1.807, 2.05) is 31.2 Å². The van der Waals surface area contributed by atoms with Gasteiger partial charge in [0.05, 0.1) is 5.75 Å². The van der Waals surface area contributed by atoms with Crippen molar-refractivity contribution in [3.8, 4) is 11.4 Å². The average molecular weight is 374 g/mol. The van der Waals surface area contributed by atoms with Crippen LogP contribution in [0.2, 0.25) is 0 Å². The van der Waals surface area contributed by atoms with E-state index in [1.165, 1.54) is 6.07 Å². The van der Waals surface area contributed by atoms with Gasteiger partial charge in [-0.2, -0.15) is 0 Å². The topological polar surface area (TPSA) is 59.8 Å². The zero-order valence-electron chi connectivity index (χ0n) is 14.2. The summed E-state index contributed by atoms with van der Waals surface area (Å²) in [5.41, 5.74) is 1.58. The van der Waals surface area contributed by atoms with Gasteiger partial charge in [0.1, 0.15) is 17.3 Å². The zero-order valence-corrected chi connectivity index (χ0v) is 15.0. The fraction of sp³-hybridized carbons (Fsp3) is 0.167. The molecule has 0 saturated carbocycles. The van der Waals surface area contributed by atoms with E-state index in [2.05, 4.69) is 15.5 Å². The second kappa shape index (κ2) is 7.65. The molecule has 0 aliphatic heterocycles. The molecular weight excluding hydrogens is 358 g/mol. The molecule has 1 heterocycles. The summed E-state index contributed by atoms with van der Waals surface area (Å²) in [5, 5.41) is 11.0. The van der Waals surface area contributed by atoms with Gasteiger partial charge in [-0.25, -0.2) is 8.78 Å². The number of amides is 1. The lowest BCUT2D eigenvalue weighted by Crippen LogP contribution is -2.16. The fourth-order valence-electron chi connectivity index (χ4n) is 2.40. The summed E-state index contributed by atoms with van der Waals surface area (Å²) in [6.45, 7) is 1.99. The Bertz CT molecular complexity index is 938.